The second kappa shape index (κ2) is 6.99. The van der Waals surface area contributed by atoms with Crippen molar-refractivity contribution in [3.05, 3.63) is 48.0 Å². The second-order valence-corrected chi connectivity index (χ2v) is 6.31. The van der Waals surface area contributed by atoms with Crippen molar-refractivity contribution in [2.75, 3.05) is 13.1 Å². The summed E-state index contributed by atoms with van der Waals surface area (Å²) in [7, 11) is 0. The Balaban J connectivity index is 1.67. The summed E-state index contributed by atoms with van der Waals surface area (Å²) in [6, 6.07) is 9.71. The Kier molecular flexibility index (Phi) is 4.79. The number of likely N-dealkylation sites (tertiary alicyclic amines) is 1. The van der Waals surface area contributed by atoms with Crippen LogP contribution >= 0.6 is 0 Å². The molecule has 24 heavy (non-hydrogen) atoms. The van der Waals surface area contributed by atoms with Gasteiger partial charge in [0.15, 0.2) is 0 Å². The summed E-state index contributed by atoms with van der Waals surface area (Å²) in [6.07, 6.45) is 5.10. The minimum atomic E-state index is -0.278. The van der Waals surface area contributed by atoms with Crippen molar-refractivity contribution in [1.82, 2.24) is 9.80 Å². The van der Waals surface area contributed by atoms with Crippen LogP contribution in [0.15, 0.2) is 42.5 Å². The van der Waals surface area contributed by atoms with Crippen molar-refractivity contribution in [2.24, 2.45) is 11.8 Å². The number of imide groups is 1. The normalized spacial score (nSPS) is 22.6. The lowest BCUT2D eigenvalue weighted by Gasteiger charge is -2.24. The van der Waals surface area contributed by atoms with Gasteiger partial charge in [-0.15, -0.1) is 0 Å². The molecule has 1 heterocycles. The number of hydrogen-bond donors (Lipinski definition) is 0. The Hall–Kier alpha value is -2.43. The first kappa shape index (κ1) is 16.4. The molecule has 1 saturated heterocycles. The zero-order valence-corrected chi connectivity index (χ0v) is 13.9. The second-order valence-electron chi connectivity index (χ2n) is 6.31. The molecule has 2 aliphatic rings. The zero-order chi connectivity index (χ0) is 17.1. The largest absolute Gasteiger partial charge is 0.337 e. The highest BCUT2D eigenvalue weighted by atomic mass is 16.2. The van der Waals surface area contributed by atoms with E-state index in [1.807, 2.05) is 49.4 Å². The van der Waals surface area contributed by atoms with Crippen molar-refractivity contribution in [2.45, 2.75) is 26.3 Å². The molecule has 0 saturated carbocycles. The van der Waals surface area contributed by atoms with Crippen LogP contribution in [-0.4, -0.2) is 40.6 Å². The van der Waals surface area contributed by atoms with Crippen LogP contribution in [0, 0.1) is 11.8 Å². The van der Waals surface area contributed by atoms with Gasteiger partial charge in [-0.3, -0.25) is 19.3 Å². The summed E-state index contributed by atoms with van der Waals surface area (Å²) in [5, 5.41) is 0. The fourth-order valence-electron chi connectivity index (χ4n) is 3.44. The van der Waals surface area contributed by atoms with Gasteiger partial charge in [-0.1, -0.05) is 42.5 Å². The predicted molar refractivity (Wildman–Crippen MR) is 89.6 cm³/mol. The zero-order valence-electron chi connectivity index (χ0n) is 13.9. The quantitative estimate of drug-likeness (QED) is 0.614. The Bertz CT molecular complexity index is 642. The van der Waals surface area contributed by atoms with Gasteiger partial charge in [0.05, 0.1) is 11.8 Å². The molecule has 1 aliphatic heterocycles. The lowest BCUT2D eigenvalue weighted by Crippen LogP contribution is -2.42. The molecule has 5 nitrogen and oxygen atoms in total. The molecule has 1 aromatic rings. The van der Waals surface area contributed by atoms with Crippen molar-refractivity contribution >= 4 is 17.7 Å². The molecule has 0 unspecified atom stereocenters. The number of nitrogens with zero attached hydrogens (tertiary/aromatic N) is 2. The lowest BCUT2D eigenvalue weighted by atomic mass is 9.85. The number of benzene rings is 1. The van der Waals surface area contributed by atoms with Crippen LogP contribution in [0.4, 0.5) is 0 Å². The number of likely N-dealkylation sites (N-methyl/N-ethyl adjacent to an activating group) is 1. The molecule has 0 N–H and O–H groups in total. The minimum Gasteiger partial charge on any atom is -0.337 e. The van der Waals surface area contributed by atoms with E-state index in [-0.39, 0.29) is 36.1 Å². The van der Waals surface area contributed by atoms with Crippen LogP contribution in [0.2, 0.25) is 0 Å². The Morgan fingerprint density at radius 1 is 1.08 bits per heavy atom. The Labute approximate surface area is 141 Å². The third kappa shape index (κ3) is 3.11. The average molecular weight is 326 g/mol. The molecule has 0 aromatic heterocycles. The van der Waals surface area contributed by atoms with Crippen molar-refractivity contribution in [3.63, 3.8) is 0 Å². The first-order chi connectivity index (χ1) is 11.6. The summed E-state index contributed by atoms with van der Waals surface area (Å²) < 4.78 is 0. The van der Waals surface area contributed by atoms with Crippen LogP contribution in [0.5, 0.6) is 0 Å². The van der Waals surface area contributed by atoms with E-state index in [1.54, 1.807) is 4.90 Å². The van der Waals surface area contributed by atoms with Crippen LogP contribution < -0.4 is 0 Å². The van der Waals surface area contributed by atoms with Crippen LogP contribution in [0.1, 0.15) is 25.3 Å². The van der Waals surface area contributed by atoms with Crippen LogP contribution in [0.3, 0.4) is 0 Å². The minimum absolute atomic E-state index is 0.147. The van der Waals surface area contributed by atoms with Gasteiger partial charge in [0.25, 0.3) is 0 Å². The molecule has 0 radical (unpaired) electrons. The molecule has 0 spiro atoms. The third-order valence-corrected chi connectivity index (χ3v) is 4.84. The van der Waals surface area contributed by atoms with Crippen molar-refractivity contribution < 1.29 is 14.4 Å². The Morgan fingerprint density at radius 2 is 1.67 bits per heavy atom. The van der Waals surface area contributed by atoms with Crippen molar-refractivity contribution in [1.29, 1.82) is 0 Å². The molecule has 0 bridgehead atoms. The first-order valence-electron chi connectivity index (χ1n) is 8.43. The van der Waals surface area contributed by atoms with E-state index in [0.29, 0.717) is 25.9 Å². The number of hydrogen-bond acceptors (Lipinski definition) is 3. The van der Waals surface area contributed by atoms with Gasteiger partial charge in [-0.25, -0.2) is 0 Å². The maximum Gasteiger partial charge on any atom is 0.243 e. The Morgan fingerprint density at radius 3 is 2.21 bits per heavy atom. The fraction of sp³-hybridized carbons (Fsp3) is 0.421. The summed E-state index contributed by atoms with van der Waals surface area (Å²) in [6.45, 7) is 2.78. The number of allylic oxidation sites excluding steroid dienone is 2. The highest BCUT2D eigenvalue weighted by molar-refractivity contribution is 6.07. The average Bonchev–Trinajstić information content (AvgIpc) is 2.86. The monoisotopic (exact) mass is 326 g/mol. The molecule has 3 rings (SSSR count). The molecule has 126 valence electrons. The van der Waals surface area contributed by atoms with Gasteiger partial charge in [-0.2, -0.15) is 0 Å². The summed E-state index contributed by atoms with van der Waals surface area (Å²) in [5.74, 6) is -1.13. The molecule has 1 aliphatic carbocycles. The molecule has 5 heteroatoms. The number of rotatable bonds is 5. The standard InChI is InChI=1S/C19H22N2O3/c1-2-20(12-14-8-4-3-5-9-14)17(22)13-21-18(23)15-10-6-7-11-16(15)19(21)24/h3-9,15-16H,2,10-13H2,1H3/t15-,16+. The maximum atomic E-state index is 12.6. The van der Waals surface area contributed by atoms with Gasteiger partial charge in [-0.05, 0) is 25.3 Å². The van der Waals surface area contributed by atoms with Crippen LogP contribution in [-0.2, 0) is 20.9 Å². The maximum absolute atomic E-state index is 12.6. The van der Waals surface area contributed by atoms with E-state index in [1.165, 1.54) is 0 Å². The van der Waals surface area contributed by atoms with Gasteiger partial charge in [0.2, 0.25) is 17.7 Å². The molecule has 2 atom stereocenters. The SMILES string of the molecule is CCN(Cc1ccccc1)C(=O)CN1C(=O)[C@H]2CC=CC[C@H]2C1=O. The van der Waals surface area contributed by atoms with E-state index in [4.69, 9.17) is 0 Å². The molecule has 1 fully saturated rings. The van der Waals surface area contributed by atoms with E-state index in [2.05, 4.69) is 0 Å². The number of fused-ring (bicyclic) bond motifs is 1. The topological polar surface area (TPSA) is 57.7 Å². The summed E-state index contributed by atoms with van der Waals surface area (Å²) >= 11 is 0. The highest BCUT2D eigenvalue weighted by Gasteiger charge is 2.47. The summed E-state index contributed by atoms with van der Waals surface area (Å²) in [5.41, 5.74) is 1.03. The molecule has 1 aromatic carbocycles. The van der Waals surface area contributed by atoms with Gasteiger partial charge < -0.3 is 4.90 Å². The van der Waals surface area contributed by atoms with Gasteiger partial charge >= 0.3 is 0 Å². The van der Waals surface area contributed by atoms with Crippen LogP contribution in [0.25, 0.3) is 0 Å². The van der Waals surface area contributed by atoms with Gasteiger partial charge in [0.1, 0.15) is 6.54 Å². The predicted octanol–water partition coefficient (Wildman–Crippen LogP) is 1.99. The summed E-state index contributed by atoms with van der Waals surface area (Å²) in [4.78, 5) is 40.3. The fourth-order valence-corrected chi connectivity index (χ4v) is 3.44. The number of carbonyl (C=O) groups excluding carboxylic acids is 3. The highest BCUT2D eigenvalue weighted by Crippen LogP contribution is 2.34. The van der Waals surface area contributed by atoms with E-state index in [0.717, 1.165) is 10.5 Å². The molecular weight excluding hydrogens is 304 g/mol. The number of carbonyl (C=O) groups is 3. The van der Waals surface area contributed by atoms with E-state index >= 15 is 0 Å². The van der Waals surface area contributed by atoms with Crippen molar-refractivity contribution in [3.8, 4) is 0 Å². The third-order valence-electron chi connectivity index (χ3n) is 4.84. The number of amides is 3. The smallest absolute Gasteiger partial charge is 0.243 e. The van der Waals surface area contributed by atoms with E-state index in [9.17, 15) is 14.4 Å². The first-order valence-corrected chi connectivity index (χ1v) is 8.43. The molecule has 3 amide bonds. The van der Waals surface area contributed by atoms with E-state index < -0.39 is 0 Å². The molecular formula is C19H22N2O3. The lowest BCUT2D eigenvalue weighted by molar-refractivity contribution is -0.146. The van der Waals surface area contributed by atoms with Gasteiger partial charge in [0, 0.05) is 13.1 Å².